The van der Waals surface area contributed by atoms with Gasteiger partial charge < -0.3 is 9.47 Å². The molecule has 9 nitrogen and oxygen atoms in total. The lowest BCUT2D eigenvalue weighted by Crippen LogP contribution is -2.39. The molecule has 1 fully saturated rings. The summed E-state index contributed by atoms with van der Waals surface area (Å²) in [6.45, 7) is 1.22. The lowest BCUT2D eigenvalue weighted by molar-refractivity contribution is -0.132. The summed E-state index contributed by atoms with van der Waals surface area (Å²) in [6.07, 6.45) is 6.45. The number of alkyl halides is 1. The first-order valence-electron chi connectivity index (χ1n) is 13.6. The molecule has 0 saturated carbocycles. The van der Waals surface area contributed by atoms with Crippen molar-refractivity contribution in [3.05, 3.63) is 90.3 Å². The van der Waals surface area contributed by atoms with Crippen LogP contribution < -0.4 is 0 Å². The Labute approximate surface area is 244 Å². The van der Waals surface area contributed by atoms with E-state index in [1.807, 2.05) is 17.0 Å². The molecule has 214 valence electrons. The van der Waals surface area contributed by atoms with E-state index in [0.717, 1.165) is 30.2 Å². The fourth-order valence-electron chi connectivity index (χ4n) is 5.33. The van der Waals surface area contributed by atoms with Gasteiger partial charge in [-0.05, 0) is 55.3 Å². The molecule has 0 N–H and O–H groups in total. The summed E-state index contributed by atoms with van der Waals surface area (Å²) in [5.74, 6) is -0.998. The van der Waals surface area contributed by atoms with E-state index in [1.54, 1.807) is 29.2 Å². The first-order valence-corrected chi connectivity index (χ1v) is 14.1. The van der Waals surface area contributed by atoms with E-state index >= 15 is 0 Å². The SMILES string of the molecule is O=C(Cc1cn2nc(-c3c(-c4ccc(F)cc4)ncn3C3CCN(C(=O)CCCl)CC3)ccc2n1)c1ccnc(F)c1. The standard InChI is InChI=1S/C30H26ClF2N7O2/c31-11-7-28(42)38-13-9-23(10-14-38)39-18-35-29(19-1-3-21(32)4-2-19)30(39)24-5-6-27-36-22(17-40(27)37-24)16-25(41)20-8-12-34-26(33)15-20/h1-6,8,12,15,17-18,23H,7,9-11,13-14,16H2. The molecule has 6 rings (SSSR count). The molecule has 0 atom stereocenters. The second kappa shape index (κ2) is 11.8. The second-order valence-corrected chi connectivity index (χ2v) is 10.5. The zero-order valence-electron chi connectivity index (χ0n) is 22.5. The van der Waals surface area contributed by atoms with Crippen molar-refractivity contribution in [1.82, 2.24) is 34.0 Å². The Bertz CT molecular complexity index is 1760. The summed E-state index contributed by atoms with van der Waals surface area (Å²) in [6, 6.07) is 12.4. The van der Waals surface area contributed by atoms with Crippen LogP contribution in [0.3, 0.4) is 0 Å². The molecule has 5 aromatic rings. The molecule has 12 heteroatoms. The average molecular weight is 590 g/mol. The van der Waals surface area contributed by atoms with Gasteiger partial charge in [0.25, 0.3) is 0 Å². The van der Waals surface area contributed by atoms with E-state index < -0.39 is 5.95 Å². The summed E-state index contributed by atoms with van der Waals surface area (Å²) in [7, 11) is 0. The van der Waals surface area contributed by atoms with E-state index in [2.05, 4.69) is 14.5 Å². The van der Waals surface area contributed by atoms with Crippen molar-refractivity contribution in [3.8, 4) is 22.6 Å². The number of piperidine rings is 1. The molecule has 1 aliphatic rings. The quantitative estimate of drug-likeness (QED) is 0.141. The predicted molar refractivity (Wildman–Crippen MR) is 152 cm³/mol. The number of Topliss-reactive ketones (excluding diaryl/α,β-unsaturated/α-hetero) is 1. The molecule has 1 aliphatic heterocycles. The molecule has 42 heavy (non-hydrogen) atoms. The highest BCUT2D eigenvalue weighted by Gasteiger charge is 2.27. The Kier molecular flexibility index (Phi) is 7.75. The molecule has 4 aromatic heterocycles. The van der Waals surface area contributed by atoms with E-state index in [9.17, 15) is 18.4 Å². The number of halogens is 3. The molecule has 0 spiro atoms. The zero-order valence-corrected chi connectivity index (χ0v) is 23.2. The number of carbonyl (C=O) groups is 2. The first kappa shape index (κ1) is 27.6. The number of rotatable bonds is 8. The van der Waals surface area contributed by atoms with E-state index in [-0.39, 0.29) is 35.5 Å². The van der Waals surface area contributed by atoms with Crippen LogP contribution in [0.4, 0.5) is 8.78 Å². The van der Waals surface area contributed by atoms with Crippen LogP contribution in [-0.4, -0.2) is 64.7 Å². The van der Waals surface area contributed by atoms with Gasteiger partial charge in [0.2, 0.25) is 11.9 Å². The minimum absolute atomic E-state index is 0.0259. The summed E-state index contributed by atoms with van der Waals surface area (Å²) in [5, 5.41) is 4.82. The maximum atomic E-state index is 13.7. The number of nitrogens with zero attached hydrogens (tertiary/aromatic N) is 7. The Morgan fingerprint density at radius 2 is 1.79 bits per heavy atom. The number of pyridine rings is 1. The van der Waals surface area contributed by atoms with Gasteiger partial charge in [-0.3, -0.25) is 9.59 Å². The Hall–Kier alpha value is -4.51. The fraction of sp³-hybridized carbons (Fsp3) is 0.267. The van der Waals surface area contributed by atoms with Crippen molar-refractivity contribution in [1.29, 1.82) is 0 Å². The summed E-state index contributed by atoms with van der Waals surface area (Å²) < 4.78 is 30.9. The monoisotopic (exact) mass is 589 g/mol. The molecule has 1 aromatic carbocycles. The molecule has 1 saturated heterocycles. The molecule has 5 heterocycles. The fourth-order valence-corrected chi connectivity index (χ4v) is 5.49. The number of likely N-dealkylation sites (tertiary alicyclic amines) is 1. The third-order valence-electron chi connectivity index (χ3n) is 7.43. The normalized spacial score (nSPS) is 14.0. The first-order chi connectivity index (χ1) is 20.4. The lowest BCUT2D eigenvalue weighted by atomic mass is 10.0. The van der Waals surface area contributed by atoms with Crippen LogP contribution in [0.5, 0.6) is 0 Å². The number of benzene rings is 1. The third kappa shape index (κ3) is 5.64. The number of imidazole rings is 2. The van der Waals surface area contributed by atoms with Gasteiger partial charge in [0.05, 0.1) is 36.0 Å². The highest BCUT2D eigenvalue weighted by molar-refractivity contribution is 6.18. The Morgan fingerprint density at radius 1 is 1.00 bits per heavy atom. The van der Waals surface area contributed by atoms with Crippen LogP contribution >= 0.6 is 11.6 Å². The topological polar surface area (TPSA) is 98.3 Å². The highest BCUT2D eigenvalue weighted by Crippen LogP contribution is 2.35. The van der Waals surface area contributed by atoms with Crippen LogP contribution in [-0.2, 0) is 11.2 Å². The van der Waals surface area contributed by atoms with Crippen molar-refractivity contribution >= 4 is 28.9 Å². The number of aromatic nitrogens is 6. The van der Waals surface area contributed by atoms with Crippen molar-refractivity contribution in [2.24, 2.45) is 0 Å². The third-order valence-corrected chi connectivity index (χ3v) is 7.62. The van der Waals surface area contributed by atoms with E-state index in [1.165, 1.54) is 24.4 Å². The highest BCUT2D eigenvalue weighted by atomic mass is 35.5. The van der Waals surface area contributed by atoms with Crippen molar-refractivity contribution in [2.75, 3.05) is 19.0 Å². The summed E-state index contributed by atoms with van der Waals surface area (Å²) in [4.78, 5) is 39.7. The van der Waals surface area contributed by atoms with Crippen molar-refractivity contribution in [2.45, 2.75) is 31.7 Å². The van der Waals surface area contributed by atoms with Crippen LogP contribution in [0, 0.1) is 11.8 Å². The smallest absolute Gasteiger partial charge is 0.223 e. The molecule has 0 unspecified atom stereocenters. The van der Waals surface area contributed by atoms with Gasteiger partial charge >= 0.3 is 0 Å². The molecular weight excluding hydrogens is 564 g/mol. The Balaban J connectivity index is 1.33. The minimum atomic E-state index is -0.719. The molecular formula is C30H26ClF2N7O2. The predicted octanol–water partition coefficient (Wildman–Crippen LogP) is 5.15. The largest absolute Gasteiger partial charge is 0.343 e. The number of hydrogen-bond acceptors (Lipinski definition) is 6. The van der Waals surface area contributed by atoms with Gasteiger partial charge in [-0.2, -0.15) is 9.49 Å². The van der Waals surface area contributed by atoms with Crippen LogP contribution in [0.1, 0.15) is 41.4 Å². The molecule has 0 aliphatic carbocycles. The van der Waals surface area contributed by atoms with E-state index in [0.29, 0.717) is 48.1 Å². The van der Waals surface area contributed by atoms with Gasteiger partial charge in [0.15, 0.2) is 11.4 Å². The average Bonchev–Trinajstić information content (AvgIpc) is 3.61. The summed E-state index contributed by atoms with van der Waals surface area (Å²) >= 11 is 5.77. The van der Waals surface area contributed by atoms with Gasteiger partial charge in [0, 0.05) is 54.8 Å². The second-order valence-electron chi connectivity index (χ2n) is 10.1. The lowest BCUT2D eigenvalue weighted by Gasteiger charge is -2.33. The maximum absolute atomic E-state index is 13.7. The van der Waals surface area contributed by atoms with Crippen molar-refractivity contribution in [3.63, 3.8) is 0 Å². The maximum Gasteiger partial charge on any atom is 0.223 e. The van der Waals surface area contributed by atoms with Gasteiger partial charge in [-0.1, -0.05) is 0 Å². The number of hydrogen-bond donors (Lipinski definition) is 0. The zero-order chi connectivity index (χ0) is 29.2. The minimum Gasteiger partial charge on any atom is -0.343 e. The summed E-state index contributed by atoms with van der Waals surface area (Å²) in [5.41, 5.74) is 4.02. The van der Waals surface area contributed by atoms with Gasteiger partial charge in [-0.15, -0.1) is 11.6 Å². The van der Waals surface area contributed by atoms with Gasteiger partial charge in [0.1, 0.15) is 11.5 Å². The molecule has 1 amide bonds. The Morgan fingerprint density at radius 3 is 2.52 bits per heavy atom. The molecule has 0 bridgehead atoms. The molecule has 0 radical (unpaired) electrons. The van der Waals surface area contributed by atoms with Crippen LogP contribution in [0.25, 0.3) is 28.3 Å². The number of carbonyl (C=O) groups excluding carboxylic acids is 2. The van der Waals surface area contributed by atoms with Crippen LogP contribution in [0.15, 0.2) is 67.3 Å². The van der Waals surface area contributed by atoms with E-state index in [4.69, 9.17) is 21.7 Å². The van der Waals surface area contributed by atoms with Crippen LogP contribution in [0.2, 0.25) is 0 Å². The number of fused-ring (bicyclic) bond motifs is 1. The number of ketones is 1. The van der Waals surface area contributed by atoms with Crippen molar-refractivity contribution < 1.29 is 18.4 Å². The van der Waals surface area contributed by atoms with Gasteiger partial charge in [-0.25, -0.2) is 23.9 Å². The number of amides is 1.